The summed E-state index contributed by atoms with van der Waals surface area (Å²) in [5, 5.41) is 3.61. The molecule has 76 valence electrons. The minimum atomic E-state index is 0.703. The highest BCUT2D eigenvalue weighted by molar-refractivity contribution is 4.98. The topological polar surface area (TPSA) is 12.0 Å². The minimum Gasteiger partial charge on any atom is -0.314 e. The third-order valence-corrected chi connectivity index (χ3v) is 4.25. The molecule has 0 amide bonds. The van der Waals surface area contributed by atoms with Crippen molar-refractivity contribution < 1.29 is 0 Å². The Balaban J connectivity index is 1.97. The molecule has 0 aromatic carbocycles. The van der Waals surface area contributed by atoms with E-state index in [9.17, 15) is 0 Å². The summed E-state index contributed by atoms with van der Waals surface area (Å²) in [6, 6.07) is 0.769. The maximum Gasteiger partial charge on any atom is 0.00447 e. The molecule has 1 aliphatic heterocycles. The van der Waals surface area contributed by atoms with Gasteiger partial charge < -0.3 is 5.32 Å². The quantitative estimate of drug-likeness (QED) is 0.656. The van der Waals surface area contributed by atoms with E-state index in [2.05, 4.69) is 26.1 Å². The van der Waals surface area contributed by atoms with Crippen molar-refractivity contribution in [3.63, 3.8) is 0 Å². The molecule has 2 aliphatic rings. The predicted octanol–water partition coefficient (Wildman–Crippen LogP) is 2.81. The van der Waals surface area contributed by atoms with Gasteiger partial charge >= 0.3 is 0 Å². The summed E-state index contributed by atoms with van der Waals surface area (Å²) >= 11 is 0. The number of rotatable bonds is 1. The van der Waals surface area contributed by atoms with E-state index in [-0.39, 0.29) is 0 Å². The Morgan fingerprint density at radius 3 is 2.54 bits per heavy atom. The van der Waals surface area contributed by atoms with Crippen molar-refractivity contribution in [2.75, 3.05) is 6.54 Å². The molecule has 1 nitrogen and oxygen atoms in total. The molecule has 1 heterocycles. The fraction of sp³-hybridized carbons (Fsp3) is 1.00. The van der Waals surface area contributed by atoms with Gasteiger partial charge in [-0.05, 0) is 49.9 Å². The summed E-state index contributed by atoms with van der Waals surface area (Å²) < 4.78 is 0. The Morgan fingerprint density at radius 1 is 1.31 bits per heavy atom. The second-order valence-corrected chi connectivity index (χ2v) is 5.73. The lowest BCUT2D eigenvalue weighted by atomic mass is 9.81. The highest BCUT2D eigenvalue weighted by Gasteiger charge is 2.43. The predicted molar refractivity (Wildman–Crippen MR) is 56.7 cm³/mol. The molecule has 1 saturated carbocycles. The number of nitrogens with one attached hydrogen (secondary N) is 1. The van der Waals surface area contributed by atoms with E-state index < -0.39 is 0 Å². The van der Waals surface area contributed by atoms with Crippen LogP contribution in [0.15, 0.2) is 0 Å². The molecule has 1 heteroatoms. The Hall–Kier alpha value is -0.0400. The van der Waals surface area contributed by atoms with Gasteiger partial charge in [-0.15, -0.1) is 0 Å². The zero-order chi connectivity index (χ0) is 9.47. The van der Waals surface area contributed by atoms with Crippen molar-refractivity contribution in [1.29, 1.82) is 0 Å². The first-order chi connectivity index (χ1) is 6.11. The summed E-state index contributed by atoms with van der Waals surface area (Å²) in [4.78, 5) is 0. The monoisotopic (exact) mass is 181 g/mol. The van der Waals surface area contributed by atoms with E-state index in [1.807, 2.05) is 0 Å². The second kappa shape index (κ2) is 3.27. The summed E-state index contributed by atoms with van der Waals surface area (Å²) in [5.74, 6) is 1.90. The van der Waals surface area contributed by atoms with Gasteiger partial charge in [0.1, 0.15) is 0 Å². The lowest BCUT2D eigenvalue weighted by Crippen LogP contribution is -2.21. The van der Waals surface area contributed by atoms with Gasteiger partial charge in [0, 0.05) is 12.6 Å². The first-order valence-corrected chi connectivity index (χ1v) is 5.85. The van der Waals surface area contributed by atoms with Crippen LogP contribution in [0.3, 0.4) is 0 Å². The molecule has 1 aliphatic carbocycles. The van der Waals surface area contributed by atoms with Crippen molar-refractivity contribution in [3.05, 3.63) is 0 Å². The van der Waals surface area contributed by atoms with Gasteiger partial charge in [0.2, 0.25) is 0 Å². The van der Waals surface area contributed by atoms with Crippen LogP contribution in [0.1, 0.15) is 46.5 Å². The van der Waals surface area contributed by atoms with E-state index in [4.69, 9.17) is 0 Å². The maximum atomic E-state index is 3.61. The second-order valence-electron chi connectivity index (χ2n) is 5.73. The van der Waals surface area contributed by atoms with E-state index in [0.717, 1.165) is 17.9 Å². The average molecular weight is 181 g/mol. The highest BCUT2D eigenvalue weighted by atomic mass is 15.0. The molecule has 13 heavy (non-hydrogen) atoms. The molecule has 0 radical (unpaired) electrons. The molecule has 0 aromatic heterocycles. The SMILES string of the molecule is CC1CC2(CCC(C(C)C)C2)CN1. The van der Waals surface area contributed by atoms with Gasteiger partial charge in [0.25, 0.3) is 0 Å². The van der Waals surface area contributed by atoms with E-state index in [1.54, 1.807) is 0 Å². The van der Waals surface area contributed by atoms with Crippen LogP contribution in [0.4, 0.5) is 0 Å². The molecule has 3 unspecified atom stereocenters. The lowest BCUT2D eigenvalue weighted by Gasteiger charge is -2.23. The molecule has 1 spiro atoms. The number of hydrogen-bond donors (Lipinski definition) is 1. The number of hydrogen-bond acceptors (Lipinski definition) is 1. The van der Waals surface area contributed by atoms with Crippen molar-refractivity contribution in [3.8, 4) is 0 Å². The maximum absolute atomic E-state index is 3.61. The Bertz CT molecular complexity index is 188. The summed E-state index contributed by atoms with van der Waals surface area (Å²) in [7, 11) is 0. The largest absolute Gasteiger partial charge is 0.314 e. The van der Waals surface area contributed by atoms with Crippen LogP contribution in [-0.4, -0.2) is 12.6 Å². The first kappa shape index (κ1) is 9.51. The summed E-state index contributed by atoms with van der Waals surface area (Å²) in [6.07, 6.45) is 5.87. The van der Waals surface area contributed by atoms with Crippen molar-refractivity contribution in [1.82, 2.24) is 5.32 Å². The van der Waals surface area contributed by atoms with Gasteiger partial charge in [-0.25, -0.2) is 0 Å². The Morgan fingerprint density at radius 2 is 2.08 bits per heavy atom. The molecule has 1 N–H and O–H groups in total. The van der Waals surface area contributed by atoms with Gasteiger partial charge in [0.05, 0.1) is 0 Å². The molecule has 1 saturated heterocycles. The summed E-state index contributed by atoms with van der Waals surface area (Å²) in [5.41, 5.74) is 0.703. The molecule has 3 atom stereocenters. The zero-order valence-electron chi connectivity index (χ0n) is 9.27. The smallest absolute Gasteiger partial charge is 0.00447 e. The molecular weight excluding hydrogens is 158 g/mol. The van der Waals surface area contributed by atoms with Gasteiger partial charge in [-0.2, -0.15) is 0 Å². The van der Waals surface area contributed by atoms with Crippen molar-refractivity contribution in [2.45, 2.75) is 52.5 Å². The lowest BCUT2D eigenvalue weighted by molar-refractivity contribution is 0.290. The van der Waals surface area contributed by atoms with Crippen LogP contribution in [-0.2, 0) is 0 Å². The fourth-order valence-corrected chi connectivity index (χ4v) is 3.35. The standard InChI is InChI=1S/C12H23N/c1-9(2)11-4-5-12(7-11)6-10(3)13-8-12/h9-11,13H,4-8H2,1-3H3. The van der Waals surface area contributed by atoms with Gasteiger partial charge in [-0.1, -0.05) is 13.8 Å². The molecule has 2 rings (SSSR count). The van der Waals surface area contributed by atoms with Crippen LogP contribution < -0.4 is 5.32 Å². The molecule has 0 bridgehead atoms. The van der Waals surface area contributed by atoms with Crippen LogP contribution in [0.25, 0.3) is 0 Å². The third-order valence-electron chi connectivity index (χ3n) is 4.25. The van der Waals surface area contributed by atoms with E-state index in [0.29, 0.717) is 5.41 Å². The molecule has 0 aromatic rings. The van der Waals surface area contributed by atoms with Crippen molar-refractivity contribution in [2.24, 2.45) is 17.3 Å². The van der Waals surface area contributed by atoms with Crippen LogP contribution >= 0.6 is 0 Å². The average Bonchev–Trinajstić information content (AvgIpc) is 2.61. The van der Waals surface area contributed by atoms with Crippen LogP contribution in [0.5, 0.6) is 0 Å². The van der Waals surface area contributed by atoms with Gasteiger partial charge in [-0.3, -0.25) is 0 Å². The molecular formula is C12H23N. The molecule has 2 fully saturated rings. The third kappa shape index (κ3) is 1.76. The van der Waals surface area contributed by atoms with Crippen LogP contribution in [0, 0.1) is 17.3 Å². The van der Waals surface area contributed by atoms with Crippen molar-refractivity contribution >= 4 is 0 Å². The van der Waals surface area contributed by atoms with E-state index in [1.165, 1.54) is 32.2 Å². The van der Waals surface area contributed by atoms with E-state index >= 15 is 0 Å². The minimum absolute atomic E-state index is 0.703. The van der Waals surface area contributed by atoms with Gasteiger partial charge in [0.15, 0.2) is 0 Å². The highest BCUT2D eigenvalue weighted by Crippen LogP contribution is 2.49. The first-order valence-electron chi connectivity index (χ1n) is 5.85. The normalized spacial score (nSPS) is 45.2. The zero-order valence-corrected chi connectivity index (χ0v) is 9.27. The summed E-state index contributed by atoms with van der Waals surface area (Å²) in [6.45, 7) is 8.39. The fourth-order valence-electron chi connectivity index (χ4n) is 3.35. The Labute approximate surface area is 82.3 Å². The van der Waals surface area contributed by atoms with Crippen LogP contribution in [0.2, 0.25) is 0 Å². The Kier molecular flexibility index (Phi) is 2.39.